The fourth-order valence-corrected chi connectivity index (χ4v) is 2.97. The third-order valence-electron chi connectivity index (χ3n) is 3.60. The highest BCUT2D eigenvalue weighted by Crippen LogP contribution is 2.27. The van der Waals surface area contributed by atoms with E-state index in [0.29, 0.717) is 22.3 Å². The van der Waals surface area contributed by atoms with Gasteiger partial charge >= 0.3 is 0 Å². The summed E-state index contributed by atoms with van der Waals surface area (Å²) >= 11 is 1.04. The minimum absolute atomic E-state index is 0.230. The van der Waals surface area contributed by atoms with Crippen molar-refractivity contribution in [2.24, 2.45) is 0 Å². The number of carbonyl (C=O) groups excluding carboxylic acids is 1. The highest BCUT2D eigenvalue weighted by molar-refractivity contribution is 8.00. The first-order chi connectivity index (χ1) is 12.4. The molecule has 3 N–H and O–H groups in total. The quantitative estimate of drug-likeness (QED) is 0.522. The molecule has 0 aliphatic heterocycles. The average molecular weight is 379 g/mol. The van der Waals surface area contributed by atoms with Gasteiger partial charge in [0, 0.05) is 6.07 Å². The van der Waals surface area contributed by atoms with Gasteiger partial charge < -0.3 is 15.6 Å². The van der Waals surface area contributed by atoms with Gasteiger partial charge in [0.1, 0.15) is 17.4 Å². The molecule has 0 radical (unpaired) electrons. The molecule has 0 saturated heterocycles. The maximum atomic E-state index is 13.6. The molecule has 3 aromatic rings. The molecule has 26 heavy (non-hydrogen) atoms. The first-order valence-corrected chi connectivity index (χ1v) is 8.42. The maximum absolute atomic E-state index is 13.6. The van der Waals surface area contributed by atoms with Crippen LogP contribution in [0.25, 0.3) is 11.4 Å². The Kier molecular flexibility index (Phi) is 4.94. The molecule has 10 heteroatoms. The molecule has 0 fully saturated rings. The van der Waals surface area contributed by atoms with Gasteiger partial charge in [-0.1, -0.05) is 11.8 Å². The normalized spacial score (nSPS) is 12.2. The lowest BCUT2D eigenvalue weighted by Gasteiger charge is -2.12. The van der Waals surface area contributed by atoms with Crippen molar-refractivity contribution in [2.75, 3.05) is 11.2 Å². The molecule has 0 saturated carbocycles. The number of aromatic nitrogens is 3. The highest BCUT2D eigenvalue weighted by atomic mass is 32.2. The van der Waals surface area contributed by atoms with Gasteiger partial charge in [0.2, 0.25) is 11.1 Å². The zero-order valence-electron chi connectivity index (χ0n) is 13.9. The van der Waals surface area contributed by atoms with Crippen LogP contribution >= 0.6 is 11.8 Å². The van der Waals surface area contributed by atoms with Gasteiger partial charge in [-0.05, 0) is 32.0 Å². The van der Waals surface area contributed by atoms with E-state index in [0.717, 1.165) is 30.0 Å². The summed E-state index contributed by atoms with van der Waals surface area (Å²) in [6, 6.07) is 4.54. The van der Waals surface area contributed by atoms with Gasteiger partial charge in [0.05, 0.1) is 22.8 Å². The van der Waals surface area contributed by atoms with Crippen LogP contribution in [-0.4, -0.2) is 26.0 Å². The van der Waals surface area contributed by atoms with Crippen molar-refractivity contribution in [3.63, 3.8) is 0 Å². The summed E-state index contributed by atoms with van der Waals surface area (Å²) in [6.07, 6.45) is 1.51. The Morgan fingerprint density at radius 1 is 1.35 bits per heavy atom. The number of halogens is 2. The van der Waals surface area contributed by atoms with Crippen molar-refractivity contribution in [2.45, 2.75) is 24.3 Å². The zero-order chi connectivity index (χ0) is 18.8. The number of amides is 1. The summed E-state index contributed by atoms with van der Waals surface area (Å²) in [5.74, 6) is 5.12. The fourth-order valence-electron chi connectivity index (χ4n) is 2.20. The Bertz CT molecular complexity index is 956. The Morgan fingerprint density at radius 2 is 2.12 bits per heavy atom. The average Bonchev–Trinajstić information content (AvgIpc) is 3.17. The number of rotatable bonds is 5. The molecule has 0 bridgehead atoms. The van der Waals surface area contributed by atoms with Crippen LogP contribution in [0, 0.1) is 18.6 Å². The van der Waals surface area contributed by atoms with Crippen molar-refractivity contribution < 1.29 is 18.0 Å². The summed E-state index contributed by atoms with van der Waals surface area (Å²) in [5, 5.41) is 9.94. The van der Waals surface area contributed by atoms with Crippen molar-refractivity contribution in [1.29, 1.82) is 0 Å². The molecule has 1 unspecified atom stereocenters. The van der Waals surface area contributed by atoms with Crippen LogP contribution < -0.4 is 11.2 Å². The number of carbonyl (C=O) groups is 1. The molecular formula is C16H15F2N5O2S. The minimum atomic E-state index is -0.725. The smallest absolute Gasteiger partial charge is 0.237 e. The molecule has 0 aliphatic rings. The summed E-state index contributed by atoms with van der Waals surface area (Å²) in [6.45, 7) is 3.36. The SMILES string of the molecule is Cc1occc1-c1nnc(SC(C)C(=O)Nc2cc(F)ccc2F)n1N. The van der Waals surface area contributed by atoms with E-state index in [1.54, 1.807) is 19.9 Å². The van der Waals surface area contributed by atoms with Crippen LogP contribution in [0.5, 0.6) is 0 Å². The maximum Gasteiger partial charge on any atom is 0.237 e. The number of nitrogens with two attached hydrogens (primary N) is 1. The lowest BCUT2D eigenvalue weighted by molar-refractivity contribution is -0.115. The van der Waals surface area contributed by atoms with Crippen molar-refractivity contribution >= 4 is 23.4 Å². The van der Waals surface area contributed by atoms with Crippen LogP contribution in [0.2, 0.25) is 0 Å². The number of benzene rings is 1. The van der Waals surface area contributed by atoms with Gasteiger partial charge in [-0.15, -0.1) is 10.2 Å². The zero-order valence-corrected chi connectivity index (χ0v) is 14.7. The van der Waals surface area contributed by atoms with Crippen LogP contribution in [0.1, 0.15) is 12.7 Å². The summed E-state index contributed by atoms with van der Waals surface area (Å²) < 4.78 is 33.3. The largest absolute Gasteiger partial charge is 0.469 e. The first kappa shape index (κ1) is 17.9. The number of aryl methyl sites for hydroxylation is 1. The molecule has 1 atom stereocenters. The van der Waals surface area contributed by atoms with Gasteiger partial charge in [-0.3, -0.25) is 4.79 Å². The monoisotopic (exact) mass is 379 g/mol. The number of furan rings is 1. The summed E-state index contributed by atoms with van der Waals surface area (Å²) in [5.41, 5.74) is 0.456. The summed E-state index contributed by atoms with van der Waals surface area (Å²) in [7, 11) is 0. The van der Waals surface area contributed by atoms with E-state index in [9.17, 15) is 13.6 Å². The van der Waals surface area contributed by atoms with Crippen molar-refractivity contribution in [3.05, 3.63) is 47.9 Å². The van der Waals surface area contributed by atoms with Gasteiger partial charge in [0.15, 0.2) is 5.82 Å². The van der Waals surface area contributed by atoms with Crippen LogP contribution in [0.4, 0.5) is 14.5 Å². The standard InChI is InChI=1S/C16H15F2N5O2S/c1-8-11(5-6-25-8)14-21-22-16(23(14)19)26-9(2)15(24)20-13-7-10(17)3-4-12(13)18/h3-7,9H,19H2,1-2H3,(H,20,24). The molecule has 136 valence electrons. The molecule has 2 aromatic heterocycles. The third kappa shape index (κ3) is 3.54. The van der Waals surface area contributed by atoms with E-state index in [2.05, 4.69) is 15.5 Å². The van der Waals surface area contributed by atoms with E-state index in [1.807, 2.05) is 0 Å². The number of hydrogen-bond donors (Lipinski definition) is 2. The Morgan fingerprint density at radius 3 is 2.81 bits per heavy atom. The van der Waals surface area contributed by atoms with Gasteiger partial charge in [0.25, 0.3) is 0 Å². The first-order valence-electron chi connectivity index (χ1n) is 7.54. The fraction of sp³-hybridized carbons (Fsp3) is 0.188. The van der Waals surface area contributed by atoms with E-state index in [-0.39, 0.29) is 5.69 Å². The molecule has 7 nitrogen and oxygen atoms in total. The third-order valence-corrected chi connectivity index (χ3v) is 4.66. The molecular weight excluding hydrogens is 364 g/mol. The molecule has 0 spiro atoms. The van der Waals surface area contributed by atoms with Crippen LogP contribution in [0.15, 0.2) is 40.1 Å². The molecule has 3 rings (SSSR count). The number of hydrogen-bond acceptors (Lipinski definition) is 6. The second kappa shape index (κ2) is 7.16. The van der Waals surface area contributed by atoms with E-state index in [1.165, 1.54) is 10.9 Å². The predicted molar refractivity (Wildman–Crippen MR) is 92.9 cm³/mol. The number of nitrogens with one attached hydrogen (secondary N) is 1. The van der Waals surface area contributed by atoms with Gasteiger partial charge in [-0.2, -0.15) is 0 Å². The van der Waals surface area contributed by atoms with Crippen LogP contribution in [-0.2, 0) is 4.79 Å². The van der Waals surface area contributed by atoms with Crippen LogP contribution in [0.3, 0.4) is 0 Å². The molecule has 0 aliphatic carbocycles. The summed E-state index contributed by atoms with van der Waals surface area (Å²) in [4.78, 5) is 12.2. The van der Waals surface area contributed by atoms with E-state index < -0.39 is 22.8 Å². The molecule has 1 aromatic carbocycles. The Labute approximate surface area is 151 Å². The van der Waals surface area contributed by atoms with Gasteiger partial charge in [-0.25, -0.2) is 13.5 Å². The van der Waals surface area contributed by atoms with E-state index >= 15 is 0 Å². The molecule has 2 heterocycles. The molecule has 1 amide bonds. The lowest BCUT2D eigenvalue weighted by Crippen LogP contribution is -2.24. The Hall–Kier alpha value is -2.88. The number of anilines is 1. The number of nitrogens with zero attached hydrogens (tertiary/aromatic N) is 3. The van der Waals surface area contributed by atoms with Crippen molar-refractivity contribution in [1.82, 2.24) is 14.9 Å². The lowest BCUT2D eigenvalue weighted by atomic mass is 10.2. The number of nitrogen functional groups attached to an aromatic ring is 1. The Balaban J connectivity index is 1.73. The highest BCUT2D eigenvalue weighted by Gasteiger charge is 2.22. The second-order valence-electron chi connectivity index (χ2n) is 5.44. The number of thioether (sulfide) groups is 1. The second-order valence-corrected chi connectivity index (χ2v) is 6.75. The topological polar surface area (TPSA) is 99.0 Å². The predicted octanol–water partition coefficient (Wildman–Crippen LogP) is 2.96. The van der Waals surface area contributed by atoms with E-state index in [4.69, 9.17) is 10.3 Å². The van der Waals surface area contributed by atoms with Crippen molar-refractivity contribution in [3.8, 4) is 11.4 Å². The minimum Gasteiger partial charge on any atom is -0.469 e.